The number of allylic oxidation sites excluding steroid dienone is 1. The first-order chi connectivity index (χ1) is 16.8. The second-order valence-electron chi connectivity index (χ2n) is 12.6. The lowest BCUT2D eigenvalue weighted by atomic mass is 9.48. The van der Waals surface area contributed by atoms with Crippen LogP contribution in [0.3, 0.4) is 0 Å². The van der Waals surface area contributed by atoms with Crippen LogP contribution in [0.25, 0.3) is 0 Å². The average molecular weight is 473 g/mol. The van der Waals surface area contributed by atoms with Crippen LogP contribution in [0.1, 0.15) is 84.1 Å². The van der Waals surface area contributed by atoms with Crippen molar-refractivity contribution in [3.8, 4) is 0 Å². The first-order valence-electron chi connectivity index (χ1n) is 13.8. The van der Waals surface area contributed by atoms with Crippen molar-refractivity contribution < 1.29 is 14.1 Å². The van der Waals surface area contributed by atoms with E-state index in [2.05, 4.69) is 31.8 Å². The van der Waals surface area contributed by atoms with Gasteiger partial charge in [-0.15, -0.1) is 0 Å². The smallest absolute Gasteiger partial charge is 0.404 e. The Balaban J connectivity index is 1.16. The van der Waals surface area contributed by atoms with E-state index in [0.29, 0.717) is 23.0 Å². The van der Waals surface area contributed by atoms with Gasteiger partial charge in [-0.05, 0) is 110 Å². The van der Waals surface area contributed by atoms with Crippen LogP contribution in [0, 0.1) is 28.6 Å². The first kappa shape index (κ1) is 23.5. The van der Waals surface area contributed by atoms with Crippen molar-refractivity contribution in [3.63, 3.8) is 0 Å². The van der Waals surface area contributed by atoms with Gasteiger partial charge in [0.15, 0.2) is 0 Å². The highest BCUT2D eigenvalue weighted by Crippen LogP contribution is 2.64. The van der Waals surface area contributed by atoms with Crippen LogP contribution in [-0.2, 0) is 20.7 Å². The molecular formula is C30H40BNO3. The molecule has 1 amide bonds. The molecular weight excluding hydrogens is 433 g/mol. The summed E-state index contributed by atoms with van der Waals surface area (Å²) in [5.74, 6) is 2.52. The first-order valence-corrected chi connectivity index (χ1v) is 13.8. The van der Waals surface area contributed by atoms with Crippen molar-refractivity contribution in [2.75, 3.05) is 5.32 Å². The highest BCUT2D eigenvalue weighted by molar-refractivity contribution is 6.63. The molecule has 0 saturated heterocycles. The molecule has 35 heavy (non-hydrogen) atoms. The van der Waals surface area contributed by atoms with E-state index in [9.17, 15) is 4.79 Å². The average Bonchev–Trinajstić information content (AvgIpc) is 3.42. The molecule has 5 aliphatic rings. The predicted octanol–water partition coefficient (Wildman–Crippen LogP) is 6.16. The maximum atomic E-state index is 12.1. The summed E-state index contributed by atoms with van der Waals surface area (Å²) in [7, 11) is -0.355. The minimum Gasteiger partial charge on any atom is -0.404 e. The minimum atomic E-state index is -0.355. The van der Waals surface area contributed by atoms with Gasteiger partial charge in [-0.25, -0.2) is 0 Å². The fraction of sp³-hybridized carbons (Fsp3) is 0.633. The number of carbonyl (C=O) groups is 1. The Kier molecular flexibility index (Phi) is 5.80. The second kappa shape index (κ2) is 8.62. The maximum absolute atomic E-state index is 12.1. The van der Waals surface area contributed by atoms with Gasteiger partial charge >= 0.3 is 7.12 Å². The topological polar surface area (TPSA) is 47.6 Å². The summed E-state index contributed by atoms with van der Waals surface area (Å²) in [6.45, 7) is 11.2. The fourth-order valence-electron chi connectivity index (χ4n) is 8.54. The van der Waals surface area contributed by atoms with Gasteiger partial charge in [0, 0.05) is 17.4 Å². The second-order valence-corrected chi connectivity index (χ2v) is 12.6. The van der Waals surface area contributed by atoms with Crippen molar-refractivity contribution in [3.05, 3.63) is 47.6 Å². The molecule has 0 aromatic heterocycles. The standard InChI is InChI=1S/C30H40BNO3/c1-19(2)28(33)32-22-9-7-20-18-34-31(27(20)17-22)35-23-11-15-30(4)21(16-23)8-10-24-25-6-5-13-29(25,3)14-12-26(24)30/h7-9,17,23-26H,1,5-6,10-16,18H2,2-4H3,(H,32,33)/t23-,24-,25-,26-,29-,30-/m0/s1. The number of rotatable bonds is 4. The Bertz CT molecular complexity index is 1080. The molecule has 0 spiro atoms. The van der Waals surface area contributed by atoms with Crippen molar-refractivity contribution in [1.82, 2.24) is 0 Å². The van der Waals surface area contributed by atoms with Crippen LogP contribution in [-0.4, -0.2) is 19.1 Å². The minimum absolute atomic E-state index is 0.156. The third-order valence-electron chi connectivity index (χ3n) is 10.6. The number of anilines is 1. The van der Waals surface area contributed by atoms with Crippen molar-refractivity contribution in [2.24, 2.45) is 28.6 Å². The van der Waals surface area contributed by atoms with E-state index in [-0.39, 0.29) is 19.1 Å². The lowest BCUT2D eigenvalue weighted by Gasteiger charge is -2.57. The Hall–Kier alpha value is -1.85. The normalized spacial score (nSPS) is 37.6. The van der Waals surface area contributed by atoms with Crippen LogP contribution in [0.2, 0.25) is 0 Å². The summed E-state index contributed by atoms with van der Waals surface area (Å²) in [5.41, 5.74) is 6.06. The van der Waals surface area contributed by atoms with E-state index in [4.69, 9.17) is 9.31 Å². The third kappa shape index (κ3) is 3.94. The van der Waals surface area contributed by atoms with Crippen LogP contribution in [0.15, 0.2) is 42.0 Å². The number of hydrogen-bond acceptors (Lipinski definition) is 3. The van der Waals surface area contributed by atoms with Gasteiger partial charge in [0.05, 0.1) is 6.61 Å². The number of benzene rings is 1. The van der Waals surface area contributed by atoms with E-state index in [1.165, 1.54) is 44.9 Å². The molecule has 186 valence electrons. The summed E-state index contributed by atoms with van der Waals surface area (Å²) >= 11 is 0. The Morgan fingerprint density at radius 3 is 2.86 bits per heavy atom. The number of fused-ring (bicyclic) bond motifs is 6. The van der Waals surface area contributed by atoms with E-state index in [1.54, 1.807) is 12.5 Å². The van der Waals surface area contributed by atoms with Crippen molar-refractivity contribution in [2.45, 2.75) is 91.3 Å². The van der Waals surface area contributed by atoms with Gasteiger partial charge in [-0.2, -0.15) is 0 Å². The zero-order valence-corrected chi connectivity index (χ0v) is 21.7. The molecule has 0 bridgehead atoms. The van der Waals surface area contributed by atoms with Crippen LogP contribution < -0.4 is 10.8 Å². The van der Waals surface area contributed by atoms with E-state index >= 15 is 0 Å². The molecule has 3 fully saturated rings. The zero-order valence-electron chi connectivity index (χ0n) is 21.7. The van der Waals surface area contributed by atoms with Crippen molar-refractivity contribution in [1.29, 1.82) is 0 Å². The summed E-state index contributed by atoms with van der Waals surface area (Å²) < 4.78 is 12.7. The Morgan fingerprint density at radius 1 is 1.17 bits per heavy atom. The number of amides is 1. The summed E-state index contributed by atoms with van der Waals surface area (Å²) in [4.78, 5) is 12.1. The van der Waals surface area contributed by atoms with Gasteiger partial charge in [0.25, 0.3) is 5.91 Å². The number of hydrogen-bond donors (Lipinski definition) is 1. The van der Waals surface area contributed by atoms with Gasteiger partial charge in [0.2, 0.25) is 0 Å². The highest BCUT2D eigenvalue weighted by atomic mass is 16.6. The summed E-state index contributed by atoms with van der Waals surface area (Å²) in [5, 5.41) is 2.92. The quantitative estimate of drug-likeness (QED) is 0.324. The maximum Gasteiger partial charge on any atom is 0.494 e. The molecule has 1 aromatic rings. The highest BCUT2D eigenvalue weighted by Gasteiger charge is 2.56. The number of nitrogens with one attached hydrogen (secondary N) is 1. The molecule has 5 heteroatoms. The van der Waals surface area contributed by atoms with E-state index < -0.39 is 0 Å². The summed E-state index contributed by atoms with van der Waals surface area (Å²) in [6.07, 6.45) is 14.6. The molecule has 1 aliphatic heterocycles. The van der Waals surface area contributed by atoms with Gasteiger partial charge < -0.3 is 14.6 Å². The molecule has 1 N–H and O–H groups in total. The van der Waals surface area contributed by atoms with Gasteiger partial charge in [-0.1, -0.05) is 44.6 Å². The van der Waals surface area contributed by atoms with Crippen LogP contribution >= 0.6 is 0 Å². The fourth-order valence-corrected chi connectivity index (χ4v) is 8.54. The molecule has 1 heterocycles. The molecule has 4 aliphatic carbocycles. The molecule has 0 unspecified atom stereocenters. The van der Waals surface area contributed by atoms with Crippen LogP contribution in [0.5, 0.6) is 0 Å². The lowest BCUT2D eigenvalue weighted by molar-refractivity contribution is -0.112. The molecule has 0 radical (unpaired) electrons. The monoisotopic (exact) mass is 473 g/mol. The molecule has 6 atom stereocenters. The SMILES string of the molecule is C=C(C)C(=O)Nc1ccc2c(c1)B(O[C@H]1CC[C@@]3(C)C(=CC[C@H]4[C@@H]5CCC[C@@]5(C)CC[C@@H]43)C1)OC2. The summed E-state index contributed by atoms with van der Waals surface area (Å²) in [6, 6.07) is 5.97. The van der Waals surface area contributed by atoms with Crippen molar-refractivity contribution >= 4 is 24.2 Å². The van der Waals surface area contributed by atoms with Crippen LogP contribution in [0.4, 0.5) is 5.69 Å². The molecule has 1 aromatic carbocycles. The molecule has 6 rings (SSSR count). The number of carbonyl (C=O) groups excluding carboxylic acids is 1. The molecule has 3 saturated carbocycles. The zero-order chi connectivity index (χ0) is 24.4. The lowest BCUT2D eigenvalue weighted by Crippen LogP contribution is -2.50. The van der Waals surface area contributed by atoms with Gasteiger partial charge in [0.1, 0.15) is 0 Å². The predicted molar refractivity (Wildman–Crippen MR) is 141 cm³/mol. The van der Waals surface area contributed by atoms with E-state index in [0.717, 1.165) is 47.3 Å². The van der Waals surface area contributed by atoms with Gasteiger partial charge in [-0.3, -0.25) is 4.79 Å². The Labute approximate surface area is 211 Å². The molecule has 4 nitrogen and oxygen atoms in total. The Morgan fingerprint density at radius 2 is 2.03 bits per heavy atom. The third-order valence-corrected chi connectivity index (χ3v) is 10.6. The largest absolute Gasteiger partial charge is 0.494 e. The van der Waals surface area contributed by atoms with E-state index in [1.807, 2.05) is 18.2 Å².